The van der Waals surface area contributed by atoms with E-state index in [1.807, 2.05) is 18.2 Å². The number of hydrogen-bond donors (Lipinski definition) is 2. The molecule has 41 heavy (non-hydrogen) atoms. The highest BCUT2D eigenvalue weighted by molar-refractivity contribution is 5.99. The lowest BCUT2D eigenvalue weighted by molar-refractivity contribution is -0.384. The van der Waals surface area contributed by atoms with E-state index in [9.17, 15) is 24.8 Å². The van der Waals surface area contributed by atoms with Crippen molar-refractivity contribution in [1.29, 1.82) is 0 Å². The molecule has 0 spiro atoms. The van der Waals surface area contributed by atoms with E-state index in [1.165, 1.54) is 18.2 Å². The Hall–Kier alpha value is -4.38. The van der Waals surface area contributed by atoms with Gasteiger partial charge < -0.3 is 24.8 Å². The number of methoxy groups -OCH3 is 1. The summed E-state index contributed by atoms with van der Waals surface area (Å²) >= 11 is 0. The molecule has 11 nitrogen and oxygen atoms in total. The van der Waals surface area contributed by atoms with Gasteiger partial charge in [-0.25, -0.2) is 9.59 Å². The number of rotatable bonds is 11. The number of nitrogens with zero attached hydrogens (tertiary/aromatic N) is 3. The molecule has 0 saturated carbocycles. The molecule has 0 aliphatic carbocycles. The Labute approximate surface area is 239 Å². The zero-order chi connectivity index (χ0) is 29.5. The van der Waals surface area contributed by atoms with Crippen LogP contribution in [0.2, 0.25) is 0 Å². The number of hydrogen-bond acceptors (Lipinski definition) is 9. The summed E-state index contributed by atoms with van der Waals surface area (Å²) < 4.78 is 11.1. The lowest BCUT2D eigenvalue weighted by Crippen LogP contribution is -2.46. The fourth-order valence-electron chi connectivity index (χ4n) is 5.48. The third-order valence-corrected chi connectivity index (χ3v) is 7.53. The number of carboxylic acids is 1. The maximum absolute atomic E-state index is 13.3. The minimum Gasteiger partial charge on any atom is -0.495 e. The molecule has 2 aliphatic heterocycles. The number of dihydropyridines is 1. The summed E-state index contributed by atoms with van der Waals surface area (Å²) in [5, 5.41) is 24.3. The smallest absolute Gasteiger partial charge is 0.336 e. The molecule has 2 aromatic carbocycles. The fraction of sp³-hybridized carbons (Fsp3) is 0.400. The summed E-state index contributed by atoms with van der Waals surface area (Å²) in [6.45, 7) is 7.98. The number of carbonyl (C=O) groups is 2. The minimum absolute atomic E-state index is 0.0460. The third-order valence-electron chi connectivity index (χ3n) is 7.53. The molecule has 1 unspecified atom stereocenters. The van der Waals surface area contributed by atoms with Crippen LogP contribution in [0.1, 0.15) is 38.2 Å². The summed E-state index contributed by atoms with van der Waals surface area (Å²) in [5.41, 5.74) is 2.18. The van der Waals surface area contributed by atoms with Crippen LogP contribution < -0.4 is 15.0 Å². The average Bonchev–Trinajstić information content (AvgIpc) is 2.96. The van der Waals surface area contributed by atoms with Crippen molar-refractivity contribution in [2.45, 2.75) is 32.6 Å². The van der Waals surface area contributed by atoms with Crippen LogP contribution in [0.15, 0.2) is 71.1 Å². The second kappa shape index (κ2) is 13.3. The normalized spacial score (nSPS) is 17.7. The first-order chi connectivity index (χ1) is 19.7. The molecule has 1 fully saturated rings. The van der Waals surface area contributed by atoms with Crippen molar-refractivity contribution < 1.29 is 29.1 Å². The van der Waals surface area contributed by atoms with Crippen LogP contribution in [0.5, 0.6) is 5.75 Å². The number of esters is 1. The Morgan fingerprint density at radius 2 is 1.73 bits per heavy atom. The van der Waals surface area contributed by atoms with Crippen molar-refractivity contribution in [1.82, 2.24) is 10.2 Å². The number of carbonyl (C=O) groups excluding carboxylic acids is 1. The Morgan fingerprint density at radius 1 is 1.02 bits per heavy atom. The van der Waals surface area contributed by atoms with Crippen LogP contribution in [-0.2, 0) is 14.3 Å². The van der Waals surface area contributed by atoms with E-state index < -0.39 is 22.8 Å². The van der Waals surface area contributed by atoms with Crippen molar-refractivity contribution in [3.63, 3.8) is 0 Å². The van der Waals surface area contributed by atoms with Crippen LogP contribution in [0.25, 0.3) is 0 Å². The minimum atomic E-state index is -1.21. The van der Waals surface area contributed by atoms with E-state index >= 15 is 0 Å². The number of nitrogens with one attached hydrogen (secondary N) is 1. The Balaban J connectivity index is 1.33. The molecule has 1 atom stereocenters. The van der Waals surface area contributed by atoms with Crippen molar-refractivity contribution in [3.05, 3.63) is 86.7 Å². The molecule has 0 bridgehead atoms. The number of aliphatic carboxylic acids is 1. The Kier molecular flexibility index (Phi) is 9.61. The van der Waals surface area contributed by atoms with Gasteiger partial charge in [-0.05, 0) is 50.9 Å². The Morgan fingerprint density at radius 3 is 2.41 bits per heavy atom. The highest BCUT2D eigenvalue weighted by atomic mass is 16.6. The largest absolute Gasteiger partial charge is 0.495 e. The first-order valence-electron chi connectivity index (χ1n) is 13.6. The number of nitro benzene ring substituents is 1. The molecule has 2 aromatic rings. The zero-order valence-electron chi connectivity index (χ0n) is 23.6. The first-order valence-corrected chi connectivity index (χ1v) is 13.6. The molecular weight excluding hydrogens is 528 g/mol. The van der Waals surface area contributed by atoms with Crippen molar-refractivity contribution >= 4 is 23.3 Å². The molecule has 4 rings (SSSR count). The number of allylic oxidation sites excluding steroid dienone is 2. The summed E-state index contributed by atoms with van der Waals surface area (Å²) in [6.07, 6.45) is 1.49. The van der Waals surface area contributed by atoms with E-state index in [-0.39, 0.29) is 23.4 Å². The molecule has 0 aromatic heterocycles. The number of anilines is 1. The number of piperazine rings is 1. The fourth-order valence-corrected chi connectivity index (χ4v) is 5.48. The van der Waals surface area contributed by atoms with Crippen molar-refractivity contribution in [3.8, 4) is 5.75 Å². The Bertz CT molecular complexity index is 1360. The molecule has 0 radical (unpaired) electrons. The standard InChI is InChI=1S/C30H36N4O7/c1-20-26(29(35)36)28(22-9-8-10-23(19-22)34(38)39)27(21(2)31-20)30(37)41-18-7-6-13-32-14-16-33(17-15-32)24-11-4-5-12-25(24)40-3/h4-5,8-12,19,28,31H,6-7,13-18H2,1-3H3,(H,35,36). The zero-order valence-corrected chi connectivity index (χ0v) is 23.6. The van der Waals surface area contributed by atoms with Gasteiger partial charge in [0.25, 0.3) is 5.69 Å². The lowest BCUT2D eigenvalue weighted by Gasteiger charge is -2.36. The second-order valence-electron chi connectivity index (χ2n) is 10.1. The topological polar surface area (TPSA) is 134 Å². The maximum atomic E-state index is 13.3. The number of ether oxygens (including phenoxy) is 2. The quantitative estimate of drug-likeness (QED) is 0.178. The predicted octanol–water partition coefficient (Wildman–Crippen LogP) is 4.07. The molecule has 11 heteroatoms. The highest BCUT2D eigenvalue weighted by Crippen LogP contribution is 2.39. The maximum Gasteiger partial charge on any atom is 0.336 e. The van der Waals surface area contributed by atoms with Gasteiger partial charge in [0, 0.05) is 49.7 Å². The monoisotopic (exact) mass is 564 g/mol. The number of unbranched alkanes of at least 4 members (excludes halogenated alkanes) is 1. The molecule has 2 N–H and O–H groups in total. The van der Waals surface area contributed by atoms with E-state index in [0.717, 1.165) is 50.6 Å². The van der Waals surface area contributed by atoms with Gasteiger partial charge in [-0.15, -0.1) is 0 Å². The number of benzene rings is 2. The van der Waals surface area contributed by atoms with Crippen LogP contribution >= 0.6 is 0 Å². The van der Waals surface area contributed by atoms with Crippen molar-refractivity contribution in [2.75, 3.05) is 51.3 Å². The third kappa shape index (κ3) is 6.86. The summed E-state index contributed by atoms with van der Waals surface area (Å²) in [4.78, 5) is 41.0. The number of non-ortho nitro benzene ring substituents is 1. The number of para-hydroxylation sites is 2. The van der Waals surface area contributed by atoms with Crippen LogP contribution in [0.3, 0.4) is 0 Å². The van der Waals surface area contributed by atoms with Crippen LogP contribution in [0.4, 0.5) is 11.4 Å². The van der Waals surface area contributed by atoms with Gasteiger partial charge >= 0.3 is 11.9 Å². The van der Waals surface area contributed by atoms with Gasteiger partial charge in [0.05, 0.1) is 41.4 Å². The van der Waals surface area contributed by atoms with Gasteiger partial charge in [-0.1, -0.05) is 24.3 Å². The van der Waals surface area contributed by atoms with Gasteiger partial charge in [-0.3, -0.25) is 15.0 Å². The van der Waals surface area contributed by atoms with Crippen LogP contribution in [-0.4, -0.2) is 73.3 Å². The summed E-state index contributed by atoms with van der Waals surface area (Å²) in [7, 11) is 1.68. The summed E-state index contributed by atoms with van der Waals surface area (Å²) in [6, 6.07) is 13.7. The number of nitro groups is 1. The molecular formula is C30H36N4O7. The van der Waals surface area contributed by atoms with Gasteiger partial charge in [0.2, 0.25) is 0 Å². The van der Waals surface area contributed by atoms with Gasteiger partial charge in [0.1, 0.15) is 5.75 Å². The average molecular weight is 565 g/mol. The molecule has 1 saturated heterocycles. The molecule has 2 aliphatic rings. The van der Waals surface area contributed by atoms with E-state index in [4.69, 9.17) is 9.47 Å². The lowest BCUT2D eigenvalue weighted by atomic mass is 9.80. The predicted molar refractivity (Wildman–Crippen MR) is 154 cm³/mol. The van der Waals surface area contributed by atoms with Gasteiger partial charge in [0.15, 0.2) is 0 Å². The molecule has 0 amide bonds. The van der Waals surface area contributed by atoms with E-state index in [1.54, 1.807) is 27.0 Å². The van der Waals surface area contributed by atoms with Crippen LogP contribution in [0, 0.1) is 10.1 Å². The summed E-state index contributed by atoms with van der Waals surface area (Å²) in [5.74, 6) is -1.98. The van der Waals surface area contributed by atoms with Gasteiger partial charge in [-0.2, -0.15) is 0 Å². The SMILES string of the molecule is COc1ccccc1N1CCN(CCCCOC(=O)C2=C(C)NC(C)=C(C(=O)O)C2c2cccc([N+](=O)[O-])c2)CC1. The van der Waals surface area contributed by atoms with E-state index in [2.05, 4.69) is 21.2 Å². The van der Waals surface area contributed by atoms with E-state index in [0.29, 0.717) is 23.4 Å². The highest BCUT2D eigenvalue weighted by Gasteiger charge is 2.37. The molecule has 218 valence electrons. The van der Waals surface area contributed by atoms with Crippen molar-refractivity contribution in [2.24, 2.45) is 0 Å². The second-order valence-corrected chi connectivity index (χ2v) is 10.1. The molecule has 2 heterocycles. The number of carboxylic acid groups (broad SMARTS) is 1. The first kappa shape index (κ1) is 29.6.